The second kappa shape index (κ2) is 13.5. The van der Waals surface area contributed by atoms with Crippen LogP contribution in [0.4, 0.5) is 14.5 Å². The quantitative estimate of drug-likeness (QED) is 0.330. The number of hydrogen-bond donors (Lipinski definition) is 3. The van der Waals surface area contributed by atoms with Gasteiger partial charge in [0.25, 0.3) is 5.91 Å². The number of likely N-dealkylation sites (tertiary alicyclic amines) is 1. The maximum atomic E-state index is 14.6. The number of benzene rings is 2. The SMILES string of the molecule is CO[C@@H]1[C@@H](n2cc(-c3cc(F)c(C)c(F)c3)nn2)[C@@H](O)[C@@H](CO)O[C@H]1C(=O)N(c1cc(Br)cc(Br)c1)[C@@H]1CN(C(C)=O)C[C@H]1O. The summed E-state index contributed by atoms with van der Waals surface area (Å²) in [6.45, 7) is 2.02. The summed E-state index contributed by atoms with van der Waals surface area (Å²) in [7, 11) is 1.30. The molecule has 242 valence electrons. The third kappa shape index (κ3) is 6.54. The zero-order chi connectivity index (χ0) is 32.7. The number of carbonyl (C=O) groups is 2. The maximum absolute atomic E-state index is 14.6. The molecule has 7 atom stereocenters. The number of hydrogen-bond acceptors (Lipinski definition) is 9. The first-order chi connectivity index (χ1) is 21.3. The van der Waals surface area contributed by atoms with Crippen LogP contribution in [0.25, 0.3) is 11.3 Å². The van der Waals surface area contributed by atoms with Gasteiger partial charge in [-0.1, -0.05) is 37.1 Å². The number of ether oxygens (including phenoxy) is 2. The molecule has 1 aromatic heterocycles. The van der Waals surface area contributed by atoms with Gasteiger partial charge in [-0.25, -0.2) is 13.5 Å². The van der Waals surface area contributed by atoms with Crippen molar-refractivity contribution < 1.29 is 43.2 Å². The average molecular weight is 759 g/mol. The van der Waals surface area contributed by atoms with Crippen LogP contribution in [0.2, 0.25) is 0 Å². The molecule has 2 aromatic carbocycles. The molecule has 0 saturated carbocycles. The monoisotopic (exact) mass is 757 g/mol. The van der Waals surface area contributed by atoms with E-state index in [0.29, 0.717) is 14.6 Å². The third-order valence-corrected chi connectivity index (χ3v) is 9.09. The Morgan fingerprint density at radius 2 is 1.76 bits per heavy atom. The van der Waals surface area contributed by atoms with Crippen molar-refractivity contribution in [3.63, 3.8) is 0 Å². The molecule has 12 nitrogen and oxygen atoms in total. The molecule has 16 heteroatoms. The minimum absolute atomic E-state index is 0.000714. The Bertz CT molecular complexity index is 1550. The van der Waals surface area contributed by atoms with Crippen molar-refractivity contribution in [3.05, 3.63) is 62.7 Å². The molecule has 2 aliphatic heterocycles. The highest BCUT2D eigenvalue weighted by Gasteiger charge is 2.52. The van der Waals surface area contributed by atoms with Gasteiger partial charge in [0.15, 0.2) is 6.10 Å². The minimum Gasteiger partial charge on any atom is -0.394 e. The van der Waals surface area contributed by atoms with Crippen molar-refractivity contribution in [1.82, 2.24) is 19.9 Å². The van der Waals surface area contributed by atoms with Crippen molar-refractivity contribution in [3.8, 4) is 11.3 Å². The van der Waals surface area contributed by atoms with Crippen LogP contribution in [0.3, 0.4) is 0 Å². The summed E-state index contributed by atoms with van der Waals surface area (Å²) in [6, 6.07) is 5.26. The largest absolute Gasteiger partial charge is 0.394 e. The summed E-state index contributed by atoms with van der Waals surface area (Å²) >= 11 is 6.86. The molecule has 2 aliphatic rings. The molecule has 0 unspecified atom stereocenters. The van der Waals surface area contributed by atoms with E-state index in [-0.39, 0.29) is 35.8 Å². The second-order valence-electron chi connectivity index (χ2n) is 11.0. The number of anilines is 1. The van der Waals surface area contributed by atoms with Gasteiger partial charge in [-0.3, -0.25) is 9.59 Å². The number of halogens is 4. The molecule has 3 N–H and O–H groups in total. The average Bonchev–Trinajstić information content (AvgIpc) is 3.62. The molecule has 45 heavy (non-hydrogen) atoms. The zero-order valence-corrected chi connectivity index (χ0v) is 27.5. The number of β-amino-alcohol motifs (C(OH)–C–C–N with tert-alkyl or cyclic N) is 1. The Morgan fingerprint density at radius 1 is 1.11 bits per heavy atom. The Balaban J connectivity index is 1.56. The molecule has 3 aromatic rings. The van der Waals surface area contributed by atoms with Gasteiger partial charge in [0, 0.05) is 52.9 Å². The lowest BCUT2D eigenvalue weighted by atomic mass is 9.91. The van der Waals surface area contributed by atoms with Crippen molar-refractivity contribution in [2.24, 2.45) is 0 Å². The van der Waals surface area contributed by atoms with E-state index in [0.717, 1.165) is 12.1 Å². The molecule has 0 radical (unpaired) electrons. The fourth-order valence-electron chi connectivity index (χ4n) is 5.79. The van der Waals surface area contributed by atoms with Crippen LogP contribution in [-0.4, -0.2) is 110 Å². The van der Waals surface area contributed by atoms with Gasteiger partial charge in [-0.2, -0.15) is 0 Å². The van der Waals surface area contributed by atoms with Crippen LogP contribution in [-0.2, 0) is 19.1 Å². The molecule has 0 aliphatic carbocycles. The molecule has 0 bridgehead atoms. The van der Waals surface area contributed by atoms with Gasteiger partial charge in [-0.15, -0.1) is 5.10 Å². The van der Waals surface area contributed by atoms with Crippen LogP contribution >= 0.6 is 31.9 Å². The van der Waals surface area contributed by atoms with E-state index in [1.807, 2.05) is 0 Å². The van der Waals surface area contributed by atoms with E-state index in [9.17, 15) is 33.7 Å². The summed E-state index contributed by atoms with van der Waals surface area (Å²) in [5.74, 6) is -2.51. The highest BCUT2D eigenvalue weighted by Crippen LogP contribution is 2.37. The highest BCUT2D eigenvalue weighted by atomic mass is 79.9. The second-order valence-corrected chi connectivity index (χ2v) is 12.8. The topological polar surface area (TPSA) is 150 Å². The summed E-state index contributed by atoms with van der Waals surface area (Å²) in [4.78, 5) is 29.5. The van der Waals surface area contributed by atoms with Crippen molar-refractivity contribution in [2.45, 2.75) is 56.5 Å². The number of methoxy groups -OCH3 is 1. The Labute approximate surface area is 273 Å². The van der Waals surface area contributed by atoms with Crippen LogP contribution in [0.1, 0.15) is 18.5 Å². The first-order valence-electron chi connectivity index (χ1n) is 13.9. The standard InChI is InChI=1S/C29H31Br2F2N5O7/c1-13-19(32)4-15(5-20(13)33)21-9-37(35-34-21)25-26(42)24(12-39)45-28(27(25)44-3)29(43)38(18-7-16(30)6-17(31)8-18)22-10-36(14(2)40)11-23(22)41/h4-9,22-28,39,41-42H,10-12H2,1-3H3/t22-,23-,24-,25+,26+,27-,28-/m1/s1. The van der Waals surface area contributed by atoms with E-state index in [1.54, 1.807) is 18.2 Å². The highest BCUT2D eigenvalue weighted by molar-refractivity contribution is 9.11. The summed E-state index contributed by atoms with van der Waals surface area (Å²) < 4.78 is 42.8. The Hall–Kier alpha value is -2.86. The van der Waals surface area contributed by atoms with Crippen LogP contribution in [0, 0.1) is 18.6 Å². The van der Waals surface area contributed by atoms with Crippen molar-refractivity contribution in [1.29, 1.82) is 0 Å². The predicted octanol–water partition coefficient (Wildman–Crippen LogP) is 2.36. The van der Waals surface area contributed by atoms with Gasteiger partial charge in [0.05, 0.1) is 24.9 Å². The smallest absolute Gasteiger partial charge is 0.259 e. The first kappa shape index (κ1) is 33.5. The normalized spacial score (nSPS) is 26.7. The Morgan fingerprint density at radius 3 is 2.31 bits per heavy atom. The van der Waals surface area contributed by atoms with Gasteiger partial charge < -0.3 is 34.6 Å². The van der Waals surface area contributed by atoms with Crippen LogP contribution in [0.15, 0.2) is 45.5 Å². The van der Waals surface area contributed by atoms with Crippen LogP contribution in [0.5, 0.6) is 0 Å². The molecule has 0 spiro atoms. The summed E-state index contributed by atoms with van der Waals surface area (Å²) in [5, 5.41) is 40.6. The van der Waals surface area contributed by atoms with E-state index in [2.05, 4.69) is 42.2 Å². The number of nitrogens with zero attached hydrogens (tertiary/aromatic N) is 5. The summed E-state index contributed by atoms with van der Waals surface area (Å²) in [5.41, 5.74) is 0.395. The molecule has 2 saturated heterocycles. The van der Waals surface area contributed by atoms with Gasteiger partial charge >= 0.3 is 0 Å². The van der Waals surface area contributed by atoms with Crippen molar-refractivity contribution >= 4 is 49.4 Å². The number of aliphatic hydroxyl groups is 3. The molecule has 5 rings (SSSR count). The molecule has 2 amide bonds. The molecular formula is C29H31Br2F2N5O7. The number of aliphatic hydroxyl groups excluding tert-OH is 3. The van der Waals surface area contributed by atoms with Gasteiger partial charge in [-0.05, 0) is 37.3 Å². The van der Waals surface area contributed by atoms with Crippen LogP contribution < -0.4 is 4.90 Å². The fraction of sp³-hybridized carbons (Fsp3) is 0.448. The predicted molar refractivity (Wildman–Crippen MR) is 163 cm³/mol. The van der Waals surface area contributed by atoms with E-state index in [1.165, 1.54) is 41.6 Å². The number of amides is 2. The molecule has 3 heterocycles. The maximum Gasteiger partial charge on any atom is 0.259 e. The van der Waals surface area contributed by atoms with E-state index < -0.39 is 66.8 Å². The fourth-order valence-corrected chi connectivity index (χ4v) is 7.05. The number of carbonyl (C=O) groups excluding carboxylic acids is 2. The van der Waals surface area contributed by atoms with Gasteiger partial charge in [0.1, 0.15) is 41.7 Å². The van der Waals surface area contributed by atoms with E-state index in [4.69, 9.17) is 9.47 Å². The van der Waals surface area contributed by atoms with Crippen molar-refractivity contribution in [2.75, 3.05) is 31.7 Å². The lowest BCUT2D eigenvalue weighted by molar-refractivity contribution is -0.211. The Kier molecular flexibility index (Phi) is 10.0. The number of aromatic nitrogens is 3. The lowest BCUT2D eigenvalue weighted by Crippen LogP contribution is -2.63. The first-order valence-corrected chi connectivity index (χ1v) is 15.5. The van der Waals surface area contributed by atoms with Gasteiger partial charge in [0.2, 0.25) is 5.91 Å². The third-order valence-electron chi connectivity index (χ3n) is 8.17. The lowest BCUT2D eigenvalue weighted by Gasteiger charge is -2.45. The zero-order valence-electron chi connectivity index (χ0n) is 24.3. The van der Waals surface area contributed by atoms with E-state index >= 15 is 0 Å². The number of rotatable bonds is 7. The molecule has 2 fully saturated rings. The minimum atomic E-state index is -1.46. The molecular weight excluding hydrogens is 728 g/mol. The summed E-state index contributed by atoms with van der Waals surface area (Å²) in [6.07, 6.45) is -5.18.